The van der Waals surface area contributed by atoms with Gasteiger partial charge in [0.25, 0.3) is 0 Å². The first-order valence-electron chi connectivity index (χ1n) is 6.59. The van der Waals surface area contributed by atoms with Crippen LogP contribution in [0.1, 0.15) is 11.1 Å². The van der Waals surface area contributed by atoms with Crippen molar-refractivity contribution in [2.45, 2.75) is 23.1 Å². The lowest BCUT2D eigenvalue weighted by molar-refractivity contribution is -0.120. The molecule has 1 heterocycles. The molecule has 3 rings (SSSR count). The normalized spacial score (nSPS) is 16.6. The van der Waals surface area contributed by atoms with Crippen LogP contribution in [0, 0.1) is 5.82 Å². The standard InChI is InChI=1S/C16H13BrFNOS/c17-12-5-6-13(18)11(7-12)9-19-16(20)15-8-10-3-1-2-4-14(10)21-15/h1-7,15H,8-9H2,(H,19,20). The van der Waals surface area contributed by atoms with Crippen molar-refractivity contribution < 1.29 is 9.18 Å². The molecule has 1 N–H and O–H groups in total. The minimum absolute atomic E-state index is 0.0458. The fourth-order valence-electron chi connectivity index (χ4n) is 2.30. The Kier molecular flexibility index (Phi) is 4.31. The maximum atomic E-state index is 13.6. The molecule has 0 bridgehead atoms. The smallest absolute Gasteiger partial charge is 0.234 e. The molecule has 1 aliphatic heterocycles. The van der Waals surface area contributed by atoms with Crippen molar-refractivity contribution >= 4 is 33.6 Å². The van der Waals surface area contributed by atoms with Crippen molar-refractivity contribution in [3.05, 3.63) is 63.9 Å². The molecule has 0 aliphatic carbocycles. The van der Waals surface area contributed by atoms with Crippen molar-refractivity contribution in [1.29, 1.82) is 0 Å². The molecule has 1 aliphatic rings. The van der Waals surface area contributed by atoms with Crippen LogP contribution >= 0.6 is 27.7 Å². The van der Waals surface area contributed by atoms with E-state index >= 15 is 0 Å². The van der Waals surface area contributed by atoms with Gasteiger partial charge in [-0.2, -0.15) is 0 Å². The van der Waals surface area contributed by atoms with Gasteiger partial charge in [-0.15, -0.1) is 11.8 Å². The van der Waals surface area contributed by atoms with E-state index in [-0.39, 0.29) is 23.5 Å². The molecule has 0 spiro atoms. The highest BCUT2D eigenvalue weighted by Crippen LogP contribution is 2.36. The fourth-order valence-corrected chi connectivity index (χ4v) is 3.93. The molecule has 1 amide bonds. The number of carbonyl (C=O) groups excluding carboxylic acids is 1. The molecule has 1 unspecified atom stereocenters. The highest BCUT2D eigenvalue weighted by atomic mass is 79.9. The molecular weight excluding hydrogens is 353 g/mol. The van der Waals surface area contributed by atoms with Gasteiger partial charge < -0.3 is 5.32 Å². The number of thioether (sulfide) groups is 1. The molecule has 0 saturated carbocycles. The monoisotopic (exact) mass is 365 g/mol. The Morgan fingerprint density at radius 2 is 2.14 bits per heavy atom. The zero-order valence-corrected chi connectivity index (χ0v) is 13.5. The molecule has 5 heteroatoms. The minimum Gasteiger partial charge on any atom is -0.351 e. The zero-order chi connectivity index (χ0) is 14.8. The van der Waals surface area contributed by atoms with Crippen LogP contribution in [0.5, 0.6) is 0 Å². The van der Waals surface area contributed by atoms with Crippen molar-refractivity contribution in [2.24, 2.45) is 0 Å². The SMILES string of the molecule is O=C(NCc1cc(Br)ccc1F)C1Cc2ccccc2S1. The third-order valence-corrected chi connectivity index (χ3v) is 5.21. The number of nitrogens with one attached hydrogen (secondary N) is 1. The van der Waals surface area contributed by atoms with Gasteiger partial charge in [-0.3, -0.25) is 4.79 Å². The van der Waals surface area contributed by atoms with Crippen molar-refractivity contribution in [2.75, 3.05) is 0 Å². The van der Waals surface area contributed by atoms with Gasteiger partial charge in [0.15, 0.2) is 0 Å². The third-order valence-electron chi connectivity index (χ3n) is 3.40. The van der Waals surface area contributed by atoms with Crippen molar-refractivity contribution in [3.8, 4) is 0 Å². The zero-order valence-electron chi connectivity index (χ0n) is 11.1. The summed E-state index contributed by atoms with van der Waals surface area (Å²) in [5, 5.41) is 2.70. The maximum absolute atomic E-state index is 13.6. The number of benzene rings is 2. The highest BCUT2D eigenvalue weighted by molar-refractivity contribution is 9.10. The molecule has 2 aromatic rings. The van der Waals surface area contributed by atoms with Crippen LogP contribution < -0.4 is 5.32 Å². The predicted octanol–water partition coefficient (Wildman–Crippen LogP) is 3.92. The first-order valence-corrected chi connectivity index (χ1v) is 8.27. The molecule has 2 aromatic carbocycles. The van der Waals surface area contributed by atoms with Crippen LogP contribution in [-0.2, 0) is 17.8 Å². The van der Waals surface area contributed by atoms with Crippen LogP contribution in [0.25, 0.3) is 0 Å². The Morgan fingerprint density at radius 3 is 2.95 bits per heavy atom. The Labute approximate surface area is 135 Å². The lowest BCUT2D eigenvalue weighted by atomic mass is 10.1. The summed E-state index contributed by atoms with van der Waals surface area (Å²) >= 11 is 4.88. The number of hydrogen-bond acceptors (Lipinski definition) is 2. The predicted molar refractivity (Wildman–Crippen MR) is 85.7 cm³/mol. The van der Waals surface area contributed by atoms with Crippen molar-refractivity contribution in [1.82, 2.24) is 5.32 Å². The Hall–Kier alpha value is -1.33. The van der Waals surface area contributed by atoms with Gasteiger partial charge in [0.05, 0.1) is 5.25 Å². The fraction of sp³-hybridized carbons (Fsp3) is 0.188. The van der Waals surface area contributed by atoms with Gasteiger partial charge >= 0.3 is 0 Å². The summed E-state index contributed by atoms with van der Waals surface area (Å²) in [7, 11) is 0. The van der Waals surface area contributed by atoms with E-state index in [1.807, 2.05) is 24.3 Å². The molecular formula is C16H13BrFNOS. The average Bonchev–Trinajstić information content (AvgIpc) is 2.92. The highest BCUT2D eigenvalue weighted by Gasteiger charge is 2.27. The Balaban J connectivity index is 1.62. The number of hydrogen-bond donors (Lipinski definition) is 1. The molecule has 108 valence electrons. The number of carbonyl (C=O) groups is 1. The van der Waals surface area contributed by atoms with Crippen LogP contribution in [0.2, 0.25) is 0 Å². The second kappa shape index (κ2) is 6.20. The van der Waals surface area contributed by atoms with E-state index in [0.717, 1.165) is 15.8 Å². The molecule has 0 fully saturated rings. The van der Waals surface area contributed by atoms with Gasteiger partial charge in [0.2, 0.25) is 5.91 Å². The summed E-state index contributed by atoms with van der Waals surface area (Å²) < 4.78 is 14.4. The Morgan fingerprint density at radius 1 is 1.33 bits per heavy atom. The Bertz CT molecular complexity index is 667. The summed E-state index contributed by atoms with van der Waals surface area (Å²) in [6.07, 6.45) is 0.730. The molecule has 0 saturated heterocycles. The summed E-state index contributed by atoms with van der Waals surface area (Å²) in [5.74, 6) is -0.351. The van der Waals surface area contributed by atoms with Gasteiger partial charge in [-0.05, 0) is 36.2 Å². The average molecular weight is 366 g/mol. The van der Waals surface area contributed by atoms with Crippen LogP contribution in [-0.4, -0.2) is 11.2 Å². The van der Waals surface area contributed by atoms with Crippen LogP contribution in [0.3, 0.4) is 0 Å². The van der Waals surface area contributed by atoms with Crippen molar-refractivity contribution in [3.63, 3.8) is 0 Å². The third kappa shape index (κ3) is 3.30. The lowest BCUT2D eigenvalue weighted by Crippen LogP contribution is -2.32. The molecule has 2 nitrogen and oxygen atoms in total. The second-order valence-corrected chi connectivity index (χ2v) is 7.03. The molecule has 1 atom stereocenters. The number of fused-ring (bicyclic) bond motifs is 1. The van der Waals surface area contributed by atoms with E-state index in [4.69, 9.17) is 0 Å². The topological polar surface area (TPSA) is 29.1 Å². The van der Waals surface area contributed by atoms with Crippen LogP contribution in [0.15, 0.2) is 51.8 Å². The van der Waals surface area contributed by atoms with Gasteiger partial charge in [0.1, 0.15) is 5.82 Å². The van der Waals surface area contributed by atoms with E-state index < -0.39 is 0 Å². The van der Waals surface area contributed by atoms with Gasteiger partial charge in [0, 0.05) is 21.5 Å². The van der Waals surface area contributed by atoms with Gasteiger partial charge in [-0.1, -0.05) is 34.1 Å². The summed E-state index contributed by atoms with van der Waals surface area (Å²) in [5.41, 5.74) is 1.69. The minimum atomic E-state index is -0.305. The molecule has 21 heavy (non-hydrogen) atoms. The quantitative estimate of drug-likeness (QED) is 0.892. The summed E-state index contributed by atoms with van der Waals surface area (Å²) in [6.45, 7) is 0.206. The van der Waals surface area contributed by atoms with Crippen LogP contribution in [0.4, 0.5) is 4.39 Å². The maximum Gasteiger partial charge on any atom is 0.234 e. The van der Waals surface area contributed by atoms with E-state index in [0.29, 0.717) is 5.56 Å². The van der Waals surface area contributed by atoms with E-state index in [1.165, 1.54) is 11.6 Å². The molecule has 0 aromatic heterocycles. The van der Waals surface area contributed by atoms with E-state index in [1.54, 1.807) is 23.9 Å². The van der Waals surface area contributed by atoms with E-state index in [9.17, 15) is 9.18 Å². The number of halogens is 2. The number of amides is 1. The van der Waals surface area contributed by atoms with Gasteiger partial charge in [-0.25, -0.2) is 4.39 Å². The first-order chi connectivity index (χ1) is 10.1. The lowest BCUT2D eigenvalue weighted by Gasteiger charge is -2.10. The van der Waals surface area contributed by atoms with E-state index in [2.05, 4.69) is 21.2 Å². The summed E-state index contributed by atoms with van der Waals surface area (Å²) in [6, 6.07) is 12.8. The summed E-state index contributed by atoms with van der Waals surface area (Å²) in [4.78, 5) is 13.4. The number of rotatable bonds is 3. The largest absolute Gasteiger partial charge is 0.351 e. The molecule has 0 radical (unpaired) electrons. The second-order valence-electron chi connectivity index (χ2n) is 4.87. The first kappa shape index (κ1) is 14.6.